The summed E-state index contributed by atoms with van der Waals surface area (Å²) in [6.07, 6.45) is 4.07. The van der Waals surface area contributed by atoms with Crippen LogP contribution in [0.25, 0.3) is 5.78 Å². The molecule has 15 heavy (non-hydrogen) atoms. The van der Waals surface area contributed by atoms with Crippen LogP contribution in [0.5, 0.6) is 0 Å². The molecule has 78 valence electrons. The second-order valence-electron chi connectivity index (χ2n) is 3.99. The second kappa shape index (κ2) is 2.92. The van der Waals surface area contributed by atoms with Crippen molar-refractivity contribution in [2.75, 3.05) is 0 Å². The van der Waals surface area contributed by atoms with Crippen LogP contribution in [0.1, 0.15) is 29.9 Å². The second-order valence-corrected chi connectivity index (χ2v) is 3.99. The maximum Gasteiger partial charge on any atom is 0.255 e. The molecule has 0 saturated carbocycles. The van der Waals surface area contributed by atoms with E-state index in [1.807, 2.05) is 11.3 Å². The zero-order chi connectivity index (χ0) is 10.4. The number of H-pyrrole nitrogens is 1. The van der Waals surface area contributed by atoms with Crippen LogP contribution in [0, 0.1) is 6.92 Å². The van der Waals surface area contributed by atoms with Crippen LogP contribution in [-0.2, 0) is 12.8 Å². The molecule has 1 N–H and O–H groups in total. The summed E-state index contributed by atoms with van der Waals surface area (Å²) in [5.74, 6) is 1.41. The first kappa shape index (κ1) is 8.64. The summed E-state index contributed by atoms with van der Waals surface area (Å²) >= 11 is 0. The Morgan fingerprint density at radius 1 is 1.27 bits per heavy atom. The molecule has 0 bridgehead atoms. The molecule has 3 rings (SSSR count). The van der Waals surface area contributed by atoms with E-state index in [-0.39, 0.29) is 5.56 Å². The molecule has 0 radical (unpaired) electrons. The predicted octanol–water partition coefficient (Wildman–Crippen LogP) is 0.605. The first-order valence-electron chi connectivity index (χ1n) is 5.23. The van der Waals surface area contributed by atoms with E-state index in [9.17, 15) is 4.79 Å². The van der Waals surface area contributed by atoms with Crippen LogP contribution in [0.15, 0.2) is 4.79 Å². The number of fused-ring (bicyclic) bond motifs is 3. The van der Waals surface area contributed by atoms with Gasteiger partial charge in [-0.2, -0.15) is 0 Å². The van der Waals surface area contributed by atoms with E-state index in [2.05, 4.69) is 15.2 Å². The van der Waals surface area contributed by atoms with Gasteiger partial charge in [-0.1, -0.05) is 0 Å². The van der Waals surface area contributed by atoms with Crippen LogP contribution < -0.4 is 5.56 Å². The zero-order valence-electron chi connectivity index (χ0n) is 8.58. The van der Waals surface area contributed by atoms with E-state index in [4.69, 9.17) is 0 Å². The van der Waals surface area contributed by atoms with Crippen molar-refractivity contribution in [1.29, 1.82) is 0 Å². The van der Waals surface area contributed by atoms with Crippen molar-refractivity contribution < 1.29 is 0 Å². The van der Waals surface area contributed by atoms with Crippen LogP contribution in [-0.4, -0.2) is 19.6 Å². The van der Waals surface area contributed by atoms with Crippen LogP contribution in [0.2, 0.25) is 0 Å². The fourth-order valence-corrected chi connectivity index (χ4v) is 2.32. The molecular formula is C10H12N4O. The summed E-state index contributed by atoms with van der Waals surface area (Å²) in [6.45, 7) is 1.91. The third-order valence-electron chi connectivity index (χ3n) is 3.03. The van der Waals surface area contributed by atoms with E-state index < -0.39 is 0 Å². The third-order valence-corrected chi connectivity index (χ3v) is 3.03. The molecular weight excluding hydrogens is 192 g/mol. The number of nitrogens with one attached hydrogen (secondary N) is 1. The molecule has 2 heterocycles. The maximum atomic E-state index is 11.8. The van der Waals surface area contributed by atoms with Gasteiger partial charge in [-0.3, -0.25) is 14.2 Å². The Bertz CT molecular complexity index is 581. The van der Waals surface area contributed by atoms with E-state index in [1.54, 1.807) is 0 Å². The number of rotatable bonds is 0. The topological polar surface area (TPSA) is 63.0 Å². The summed E-state index contributed by atoms with van der Waals surface area (Å²) in [5.41, 5.74) is 2.02. The van der Waals surface area contributed by atoms with Crippen molar-refractivity contribution in [1.82, 2.24) is 19.6 Å². The van der Waals surface area contributed by atoms with Gasteiger partial charge < -0.3 is 0 Å². The smallest absolute Gasteiger partial charge is 0.255 e. The van der Waals surface area contributed by atoms with Gasteiger partial charge in [-0.15, -0.1) is 10.2 Å². The van der Waals surface area contributed by atoms with Crippen LogP contribution in [0.4, 0.5) is 0 Å². The Kier molecular flexibility index (Phi) is 1.68. The lowest BCUT2D eigenvalue weighted by atomic mass is 9.97. The number of aromatic amines is 1. The van der Waals surface area contributed by atoms with Gasteiger partial charge in [0.1, 0.15) is 5.82 Å². The minimum atomic E-state index is 0.00426. The zero-order valence-corrected chi connectivity index (χ0v) is 8.58. The van der Waals surface area contributed by atoms with Crippen molar-refractivity contribution >= 4 is 5.78 Å². The lowest BCUT2D eigenvalue weighted by molar-refractivity contribution is 0.646. The summed E-state index contributed by atoms with van der Waals surface area (Å²) in [4.78, 5) is 14.5. The Morgan fingerprint density at radius 2 is 2.07 bits per heavy atom. The fraction of sp³-hybridized carbons (Fsp3) is 0.500. The van der Waals surface area contributed by atoms with Gasteiger partial charge in [0, 0.05) is 11.3 Å². The molecule has 0 aromatic carbocycles. The molecule has 0 fully saturated rings. The molecule has 0 amide bonds. The average Bonchev–Trinajstić information content (AvgIpc) is 2.61. The van der Waals surface area contributed by atoms with Gasteiger partial charge in [0.15, 0.2) is 0 Å². The van der Waals surface area contributed by atoms with Gasteiger partial charge in [0.05, 0.1) is 0 Å². The third kappa shape index (κ3) is 1.12. The molecule has 5 heteroatoms. The molecule has 5 nitrogen and oxygen atoms in total. The Morgan fingerprint density at radius 3 is 2.93 bits per heavy atom. The predicted molar refractivity (Wildman–Crippen MR) is 55.0 cm³/mol. The monoisotopic (exact) mass is 204 g/mol. The molecule has 0 unspecified atom stereocenters. The SMILES string of the molecule is Cc1nnc2[nH]c(=O)c3c(n12)CCCC3. The molecule has 1 aliphatic rings. The summed E-state index contributed by atoms with van der Waals surface area (Å²) in [6, 6.07) is 0. The average molecular weight is 204 g/mol. The van der Waals surface area contributed by atoms with Crippen LogP contribution in [0.3, 0.4) is 0 Å². The van der Waals surface area contributed by atoms with Gasteiger partial charge in [0.25, 0.3) is 5.56 Å². The lowest BCUT2D eigenvalue weighted by Crippen LogP contribution is -2.23. The number of aryl methyl sites for hydroxylation is 2. The van der Waals surface area contributed by atoms with Crippen molar-refractivity contribution in [3.05, 3.63) is 27.4 Å². The molecule has 2 aromatic heterocycles. The quantitative estimate of drug-likeness (QED) is 0.683. The molecule has 0 atom stereocenters. The number of hydrogen-bond donors (Lipinski definition) is 1. The van der Waals surface area contributed by atoms with Gasteiger partial charge in [-0.25, -0.2) is 0 Å². The Balaban J connectivity index is 2.47. The summed E-state index contributed by atoms with van der Waals surface area (Å²) in [7, 11) is 0. The first-order chi connectivity index (χ1) is 7.27. The summed E-state index contributed by atoms with van der Waals surface area (Å²) in [5, 5.41) is 7.93. The Labute approximate surface area is 86.2 Å². The number of hydrogen-bond acceptors (Lipinski definition) is 3. The minimum absolute atomic E-state index is 0.00426. The highest BCUT2D eigenvalue weighted by Gasteiger charge is 2.18. The normalized spacial score (nSPS) is 15.5. The largest absolute Gasteiger partial charge is 0.290 e. The highest BCUT2D eigenvalue weighted by molar-refractivity contribution is 5.35. The van der Waals surface area contributed by atoms with Gasteiger partial charge in [0.2, 0.25) is 5.78 Å². The van der Waals surface area contributed by atoms with E-state index in [1.165, 1.54) is 0 Å². The van der Waals surface area contributed by atoms with E-state index in [0.29, 0.717) is 5.78 Å². The standard InChI is InChI=1S/C10H12N4O/c1-6-12-13-10-11-9(15)7-4-2-3-5-8(7)14(6)10/h2-5H2,1H3,(H,11,13,15). The molecule has 2 aromatic rings. The van der Waals surface area contributed by atoms with E-state index in [0.717, 1.165) is 42.8 Å². The van der Waals surface area contributed by atoms with Crippen molar-refractivity contribution in [3.63, 3.8) is 0 Å². The molecule has 0 aliphatic heterocycles. The number of nitrogens with zero attached hydrogens (tertiary/aromatic N) is 3. The van der Waals surface area contributed by atoms with E-state index >= 15 is 0 Å². The Hall–Kier alpha value is -1.65. The van der Waals surface area contributed by atoms with Crippen molar-refractivity contribution in [2.24, 2.45) is 0 Å². The maximum absolute atomic E-state index is 11.8. The number of aromatic nitrogens is 4. The highest BCUT2D eigenvalue weighted by Crippen LogP contribution is 2.18. The van der Waals surface area contributed by atoms with Crippen LogP contribution >= 0.6 is 0 Å². The summed E-state index contributed by atoms with van der Waals surface area (Å²) < 4.78 is 1.97. The fourth-order valence-electron chi connectivity index (χ4n) is 2.32. The first-order valence-corrected chi connectivity index (χ1v) is 5.23. The van der Waals surface area contributed by atoms with Crippen molar-refractivity contribution in [3.8, 4) is 0 Å². The minimum Gasteiger partial charge on any atom is -0.290 e. The molecule has 1 aliphatic carbocycles. The van der Waals surface area contributed by atoms with Crippen molar-refractivity contribution in [2.45, 2.75) is 32.6 Å². The van der Waals surface area contributed by atoms with Gasteiger partial charge >= 0.3 is 0 Å². The molecule has 0 spiro atoms. The van der Waals surface area contributed by atoms with Gasteiger partial charge in [-0.05, 0) is 32.6 Å². The molecule has 0 saturated heterocycles. The lowest BCUT2D eigenvalue weighted by Gasteiger charge is -2.15. The highest BCUT2D eigenvalue weighted by atomic mass is 16.1.